The van der Waals surface area contributed by atoms with Crippen molar-refractivity contribution in [1.82, 2.24) is 4.98 Å². The Balaban J connectivity index is 2.01. The highest BCUT2D eigenvalue weighted by Gasteiger charge is 2.25. The summed E-state index contributed by atoms with van der Waals surface area (Å²) in [6.07, 6.45) is 5.02. The quantitative estimate of drug-likeness (QED) is 0.805. The predicted octanol–water partition coefficient (Wildman–Crippen LogP) is 3.23. The molecule has 1 heterocycles. The summed E-state index contributed by atoms with van der Waals surface area (Å²) in [5.41, 5.74) is 0.436. The van der Waals surface area contributed by atoms with Crippen LogP contribution in [0.1, 0.15) is 48.0 Å². The van der Waals surface area contributed by atoms with E-state index in [1.54, 1.807) is 0 Å². The maximum Gasteiger partial charge on any atom is 0.357 e. The first-order chi connectivity index (χ1) is 8.63. The van der Waals surface area contributed by atoms with Gasteiger partial charge in [-0.25, -0.2) is 9.78 Å². The molecule has 1 unspecified atom stereocenters. The minimum atomic E-state index is -0.355. The maximum atomic E-state index is 11.5. The molecular formula is C13H20N2O2S. The highest BCUT2D eigenvalue weighted by molar-refractivity contribution is 7.15. The summed E-state index contributed by atoms with van der Waals surface area (Å²) >= 11 is 1.53. The number of hydrogen-bond acceptors (Lipinski definition) is 5. The first kappa shape index (κ1) is 13.3. The molecule has 4 nitrogen and oxygen atoms in total. The number of nitrogens with one attached hydrogen (secondary N) is 1. The highest BCUT2D eigenvalue weighted by atomic mass is 32.1. The molecule has 0 spiro atoms. The van der Waals surface area contributed by atoms with E-state index in [9.17, 15) is 4.79 Å². The molecule has 1 atom stereocenters. The number of esters is 1. The van der Waals surface area contributed by atoms with Crippen LogP contribution in [-0.4, -0.2) is 24.1 Å². The van der Waals surface area contributed by atoms with Gasteiger partial charge in [-0.05, 0) is 25.7 Å². The zero-order valence-corrected chi connectivity index (χ0v) is 12.0. The van der Waals surface area contributed by atoms with Crippen LogP contribution in [0.15, 0.2) is 0 Å². The second-order valence-corrected chi connectivity index (χ2v) is 6.05. The standard InChI is InChI=1S/C13H20N2O2S/c1-4-10(7-9-5-6-9)14-13-15-11(8(2)18-13)12(16)17-3/h9-10H,4-7H2,1-3H3,(H,14,15). The molecule has 0 bridgehead atoms. The van der Waals surface area contributed by atoms with Gasteiger partial charge in [-0.3, -0.25) is 0 Å². The van der Waals surface area contributed by atoms with Crippen LogP contribution in [-0.2, 0) is 4.74 Å². The number of carbonyl (C=O) groups excluding carboxylic acids is 1. The Labute approximate surface area is 112 Å². The van der Waals surface area contributed by atoms with Crippen LogP contribution in [0.2, 0.25) is 0 Å². The van der Waals surface area contributed by atoms with E-state index in [1.165, 1.54) is 37.7 Å². The Morgan fingerprint density at radius 3 is 2.89 bits per heavy atom. The van der Waals surface area contributed by atoms with E-state index in [4.69, 9.17) is 4.74 Å². The lowest BCUT2D eigenvalue weighted by Crippen LogP contribution is -2.19. The number of aryl methyl sites for hydroxylation is 1. The molecule has 0 aromatic carbocycles. The minimum absolute atomic E-state index is 0.355. The molecule has 2 rings (SSSR count). The monoisotopic (exact) mass is 268 g/mol. The summed E-state index contributed by atoms with van der Waals surface area (Å²) < 4.78 is 4.71. The second kappa shape index (κ2) is 5.69. The van der Waals surface area contributed by atoms with Gasteiger partial charge in [0.05, 0.1) is 7.11 Å². The third-order valence-electron chi connectivity index (χ3n) is 3.31. The lowest BCUT2D eigenvalue weighted by Gasteiger charge is -2.15. The third-order valence-corrected chi connectivity index (χ3v) is 4.21. The van der Waals surface area contributed by atoms with Crippen molar-refractivity contribution in [2.45, 2.75) is 45.6 Å². The highest BCUT2D eigenvalue weighted by Crippen LogP contribution is 2.35. The second-order valence-electron chi connectivity index (χ2n) is 4.84. The van der Waals surface area contributed by atoms with Gasteiger partial charge >= 0.3 is 5.97 Å². The predicted molar refractivity (Wildman–Crippen MR) is 73.2 cm³/mol. The molecule has 18 heavy (non-hydrogen) atoms. The topological polar surface area (TPSA) is 51.2 Å². The SMILES string of the molecule is CCC(CC1CC1)Nc1nc(C(=O)OC)c(C)s1. The van der Waals surface area contributed by atoms with E-state index in [0.717, 1.165) is 22.3 Å². The molecular weight excluding hydrogens is 248 g/mol. The minimum Gasteiger partial charge on any atom is -0.464 e. The van der Waals surface area contributed by atoms with Crippen molar-refractivity contribution in [1.29, 1.82) is 0 Å². The van der Waals surface area contributed by atoms with Gasteiger partial charge in [-0.2, -0.15) is 0 Å². The van der Waals surface area contributed by atoms with Crippen LogP contribution in [0.25, 0.3) is 0 Å². The van der Waals surface area contributed by atoms with Crippen molar-refractivity contribution in [3.63, 3.8) is 0 Å². The number of nitrogens with zero attached hydrogens (tertiary/aromatic N) is 1. The summed E-state index contributed by atoms with van der Waals surface area (Å²) in [4.78, 5) is 16.7. The molecule has 1 aliphatic carbocycles. The molecule has 1 aromatic rings. The summed E-state index contributed by atoms with van der Waals surface area (Å²) in [6, 6.07) is 0.466. The fourth-order valence-corrected chi connectivity index (χ4v) is 2.88. The third kappa shape index (κ3) is 3.22. The van der Waals surface area contributed by atoms with Crippen molar-refractivity contribution in [3.8, 4) is 0 Å². The zero-order chi connectivity index (χ0) is 13.1. The lowest BCUT2D eigenvalue weighted by atomic mass is 10.1. The number of hydrogen-bond donors (Lipinski definition) is 1. The Hall–Kier alpha value is -1.10. The van der Waals surface area contributed by atoms with Gasteiger partial charge in [0.25, 0.3) is 0 Å². The van der Waals surface area contributed by atoms with Crippen molar-refractivity contribution in [2.24, 2.45) is 5.92 Å². The van der Waals surface area contributed by atoms with E-state index >= 15 is 0 Å². The molecule has 0 radical (unpaired) electrons. The molecule has 5 heteroatoms. The van der Waals surface area contributed by atoms with Gasteiger partial charge in [0.1, 0.15) is 0 Å². The smallest absolute Gasteiger partial charge is 0.357 e. The first-order valence-electron chi connectivity index (χ1n) is 6.46. The Bertz CT molecular complexity index is 427. The Morgan fingerprint density at radius 2 is 2.33 bits per heavy atom. The number of methoxy groups -OCH3 is 1. The number of anilines is 1. The van der Waals surface area contributed by atoms with Crippen molar-refractivity contribution >= 4 is 22.4 Å². The van der Waals surface area contributed by atoms with Crippen molar-refractivity contribution in [3.05, 3.63) is 10.6 Å². The summed E-state index contributed by atoms with van der Waals surface area (Å²) in [5.74, 6) is 0.538. The van der Waals surface area contributed by atoms with Gasteiger partial charge < -0.3 is 10.1 Å². The van der Waals surface area contributed by atoms with Gasteiger partial charge in [-0.1, -0.05) is 19.8 Å². The van der Waals surface area contributed by atoms with Crippen LogP contribution in [0, 0.1) is 12.8 Å². The number of rotatable bonds is 6. The first-order valence-corrected chi connectivity index (χ1v) is 7.28. The average Bonchev–Trinajstić information content (AvgIpc) is 3.10. The van der Waals surface area contributed by atoms with E-state index in [-0.39, 0.29) is 5.97 Å². The van der Waals surface area contributed by atoms with Crippen LogP contribution < -0.4 is 5.32 Å². The van der Waals surface area contributed by atoms with Gasteiger partial charge in [0, 0.05) is 10.9 Å². The van der Waals surface area contributed by atoms with Crippen LogP contribution in [0.5, 0.6) is 0 Å². The fourth-order valence-electron chi connectivity index (χ4n) is 2.00. The molecule has 1 aromatic heterocycles. The number of ether oxygens (including phenoxy) is 1. The number of carbonyl (C=O) groups is 1. The normalized spacial score (nSPS) is 16.4. The van der Waals surface area contributed by atoms with E-state index in [0.29, 0.717) is 11.7 Å². The van der Waals surface area contributed by atoms with Crippen LogP contribution in [0.4, 0.5) is 5.13 Å². The van der Waals surface area contributed by atoms with Gasteiger partial charge in [0.2, 0.25) is 0 Å². The molecule has 100 valence electrons. The average molecular weight is 268 g/mol. The van der Waals surface area contributed by atoms with Crippen LogP contribution >= 0.6 is 11.3 Å². The maximum absolute atomic E-state index is 11.5. The Kier molecular flexibility index (Phi) is 4.22. The van der Waals surface area contributed by atoms with Gasteiger partial charge in [0.15, 0.2) is 10.8 Å². The van der Waals surface area contributed by atoms with E-state index < -0.39 is 0 Å². The van der Waals surface area contributed by atoms with E-state index in [1.807, 2.05) is 6.92 Å². The van der Waals surface area contributed by atoms with Gasteiger partial charge in [-0.15, -0.1) is 11.3 Å². The molecule has 0 aliphatic heterocycles. The zero-order valence-electron chi connectivity index (χ0n) is 11.2. The lowest BCUT2D eigenvalue weighted by molar-refractivity contribution is 0.0594. The number of thiazole rings is 1. The summed E-state index contributed by atoms with van der Waals surface area (Å²) in [7, 11) is 1.39. The van der Waals surface area contributed by atoms with Crippen LogP contribution in [0.3, 0.4) is 0 Å². The van der Waals surface area contributed by atoms with E-state index in [2.05, 4.69) is 17.2 Å². The molecule has 0 saturated heterocycles. The summed E-state index contributed by atoms with van der Waals surface area (Å²) in [5, 5.41) is 4.27. The molecule has 1 saturated carbocycles. The molecule has 0 amide bonds. The fraction of sp³-hybridized carbons (Fsp3) is 0.692. The van der Waals surface area contributed by atoms with Crippen molar-refractivity contribution in [2.75, 3.05) is 12.4 Å². The van der Waals surface area contributed by atoms with Crippen molar-refractivity contribution < 1.29 is 9.53 Å². The Morgan fingerprint density at radius 1 is 1.61 bits per heavy atom. The molecule has 1 aliphatic rings. The molecule has 1 fully saturated rings. The summed E-state index contributed by atoms with van der Waals surface area (Å²) in [6.45, 7) is 4.08. The molecule has 1 N–H and O–H groups in total. The largest absolute Gasteiger partial charge is 0.464 e. The number of aromatic nitrogens is 1.